The molecule has 0 heterocycles. The van der Waals surface area contributed by atoms with Gasteiger partial charge in [0.05, 0.1) is 6.10 Å². The third-order valence-electron chi connectivity index (χ3n) is 11.5. The van der Waals surface area contributed by atoms with Crippen LogP contribution < -0.4 is 0 Å². The summed E-state index contributed by atoms with van der Waals surface area (Å²) in [4.78, 5) is 0. The fraction of sp³-hybridized carbons (Fsp3) is 1.00. The summed E-state index contributed by atoms with van der Waals surface area (Å²) in [6.07, 6.45) is 15.0. The highest BCUT2D eigenvalue weighted by Gasteiger charge is 2.64. The summed E-state index contributed by atoms with van der Waals surface area (Å²) in [6, 6.07) is 0. The van der Waals surface area contributed by atoms with Crippen molar-refractivity contribution in [1.82, 2.24) is 0 Å². The molecule has 0 aromatic heterocycles. The summed E-state index contributed by atoms with van der Waals surface area (Å²) < 4.78 is 0. The van der Waals surface area contributed by atoms with E-state index in [0.717, 1.165) is 41.9 Å². The van der Waals surface area contributed by atoms with E-state index >= 15 is 0 Å². The minimum absolute atomic E-state index is 0.0681. The Morgan fingerprint density at radius 1 is 0.867 bits per heavy atom. The molecule has 0 aromatic carbocycles. The second kappa shape index (κ2) is 8.07. The molecule has 30 heavy (non-hydrogen) atoms. The van der Waals surface area contributed by atoms with Crippen LogP contribution in [-0.4, -0.2) is 11.2 Å². The molecule has 174 valence electrons. The number of aliphatic hydroxyl groups is 1. The normalized spacial score (nSPS) is 48.7. The van der Waals surface area contributed by atoms with Crippen LogP contribution in [0.3, 0.4) is 0 Å². The third kappa shape index (κ3) is 3.62. The highest BCUT2D eigenvalue weighted by Crippen LogP contribution is 2.70. The fourth-order valence-corrected chi connectivity index (χ4v) is 10.4. The first-order valence-corrected chi connectivity index (χ1v) is 13.7. The van der Waals surface area contributed by atoms with Gasteiger partial charge in [0, 0.05) is 0 Å². The predicted octanol–water partition coefficient (Wildman–Crippen LogP) is 8.10. The molecule has 0 amide bonds. The van der Waals surface area contributed by atoms with Crippen molar-refractivity contribution in [2.24, 2.45) is 57.7 Å². The molecule has 1 nitrogen and oxygen atoms in total. The zero-order chi connectivity index (χ0) is 21.9. The van der Waals surface area contributed by atoms with Gasteiger partial charge in [-0.3, -0.25) is 0 Å². The minimum atomic E-state index is -0.0681. The molecule has 1 N–H and O–H groups in total. The average molecular weight is 417 g/mol. The van der Waals surface area contributed by atoms with E-state index in [-0.39, 0.29) is 6.10 Å². The van der Waals surface area contributed by atoms with Crippen LogP contribution in [0.15, 0.2) is 0 Å². The van der Waals surface area contributed by atoms with E-state index in [4.69, 9.17) is 0 Å². The van der Waals surface area contributed by atoms with Gasteiger partial charge in [-0.25, -0.2) is 0 Å². The standard InChI is InChI=1S/C29H52O/c1-19(2)10-8-11-20(3)22-13-14-23-21-12-15-25-27(4,5)16-9-17-28(25,6)26(21)24(30)18-29(22,23)7/h19-26,30H,8-18H2,1-7H3/t20-,21+,22-,23+,24-,25?,26-,28+,29-/m1/s1. The number of rotatable bonds is 5. The summed E-state index contributed by atoms with van der Waals surface area (Å²) in [5, 5.41) is 11.7. The maximum Gasteiger partial charge on any atom is 0.0581 e. The molecule has 4 fully saturated rings. The molecule has 9 atom stereocenters. The van der Waals surface area contributed by atoms with Crippen molar-refractivity contribution < 1.29 is 5.11 Å². The Labute approximate surface area is 188 Å². The first kappa shape index (κ1) is 23.1. The number of hydrogen-bond donors (Lipinski definition) is 1. The zero-order valence-electron chi connectivity index (χ0n) is 21.3. The van der Waals surface area contributed by atoms with Gasteiger partial charge in [-0.1, -0.05) is 74.1 Å². The van der Waals surface area contributed by atoms with Gasteiger partial charge < -0.3 is 5.11 Å². The van der Waals surface area contributed by atoms with Crippen molar-refractivity contribution in [3.63, 3.8) is 0 Å². The van der Waals surface area contributed by atoms with Crippen LogP contribution in [0.1, 0.15) is 119 Å². The Balaban J connectivity index is 1.54. The van der Waals surface area contributed by atoms with Crippen LogP contribution in [0.4, 0.5) is 0 Å². The first-order valence-electron chi connectivity index (χ1n) is 13.7. The van der Waals surface area contributed by atoms with E-state index < -0.39 is 0 Å². The van der Waals surface area contributed by atoms with E-state index in [9.17, 15) is 5.11 Å². The van der Waals surface area contributed by atoms with Crippen LogP contribution in [0.2, 0.25) is 0 Å². The summed E-state index contributed by atoms with van der Waals surface area (Å²) >= 11 is 0. The molecule has 0 bridgehead atoms. The van der Waals surface area contributed by atoms with Crippen LogP contribution >= 0.6 is 0 Å². The topological polar surface area (TPSA) is 20.2 Å². The Morgan fingerprint density at radius 3 is 2.30 bits per heavy atom. The van der Waals surface area contributed by atoms with Crippen molar-refractivity contribution in [2.45, 2.75) is 125 Å². The molecule has 0 aliphatic heterocycles. The summed E-state index contributed by atoms with van der Waals surface area (Å²) in [7, 11) is 0. The average Bonchev–Trinajstić information content (AvgIpc) is 2.96. The minimum Gasteiger partial charge on any atom is -0.393 e. The van der Waals surface area contributed by atoms with E-state index in [1.807, 2.05) is 0 Å². The van der Waals surface area contributed by atoms with Crippen molar-refractivity contribution in [3.8, 4) is 0 Å². The van der Waals surface area contributed by atoms with Gasteiger partial charge in [0.1, 0.15) is 0 Å². The fourth-order valence-electron chi connectivity index (χ4n) is 10.4. The number of aliphatic hydroxyl groups excluding tert-OH is 1. The summed E-state index contributed by atoms with van der Waals surface area (Å²) in [6.45, 7) is 17.5. The SMILES string of the molecule is CC(C)CCC[C@@H](C)[C@H]1CC[C@H]2[C@@H]3CCC4C(C)(C)CCC[C@]4(C)[C@H]3[C@H](O)C[C@]12C. The zero-order valence-corrected chi connectivity index (χ0v) is 21.3. The Bertz CT molecular complexity index is 607. The van der Waals surface area contributed by atoms with Gasteiger partial charge in [0.2, 0.25) is 0 Å². The lowest BCUT2D eigenvalue weighted by atomic mass is 9.40. The molecule has 0 spiro atoms. The molecule has 4 rings (SSSR count). The maximum atomic E-state index is 11.7. The lowest BCUT2D eigenvalue weighted by Gasteiger charge is -2.65. The van der Waals surface area contributed by atoms with Gasteiger partial charge >= 0.3 is 0 Å². The molecule has 1 heteroatoms. The van der Waals surface area contributed by atoms with Gasteiger partial charge in [0.25, 0.3) is 0 Å². The van der Waals surface area contributed by atoms with E-state index in [2.05, 4.69) is 48.5 Å². The summed E-state index contributed by atoms with van der Waals surface area (Å²) in [5.74, 6) is 5.50. The van der Waals surface area contributed by atoms with Crippen LogP contribution in [0, 0.1) is 57.7 Å². The van der Waals surface area contributed by atoms with E-state index in [1.165, 1.54) is 64.2 Å². The molecule has 4 saturated carbocycles. The molecule has 0 aromatic rings. The Hall–Kier alpha value is -0.0400. The predicted molar refractivity (Wildman–Crippen MR) is 128 cm³/mol. The maximum absolute atomic E-state index is 11.7. The Kier molecular flexibility index (Phi) is 6.22. The smallest absolute Gasteiger partial charge is 0.0581 e. The second-order valence-corrected chi connectivity index (χ2v) is 14.0. The van der Waals surface area contributed by atoms with Crippen LogP contribution in [0.5, 0.6) is 0 Å². The molecule has 4 aliphatic carbocycles. The largest absolute Gasteiger partial charge is 0.393 e. The van der Waals surface area contributed by atoms with E-state index in [0.29, 0.717) is 22.2 Å². The monoisotopic (exact) mass is 416 g/mol. The van der Waals surface area contributed by atoms with Crippen molar-refractivity contribution in [3.05, 3.63) is 0 Å². The van der Waals surface area contributed by atoms with Gasteiger partial charge in [0.15, 0.2) is 0 Å². The van der Waals surface area contributed by atoms with Crippen LogP contribution in [-0.2, 0) is 0 Å². The first-order chi connectivity index (χ1) is 14.0. The quantitative estimate of drug-likeness (QED) is 0.480. The number of fused-ring (bicyclic) bond motifs is 5. The van der Waals surface area contributed by atoms with E-state index in [1.54, 1.807) is 0 Å². The van der Waals surface area contributed by atoms with Crippen molar-refractivity contribution >= 4 is 0 Å². The van der Waals surface area contributed by atoms with Crippen molar-refractivity contribution in [2.75, 3.05) is 0 Å². The highest BCUT2D eigenvalue weighted by atomic mass is 16.3. The lowest BCUT2D eigenvalue weighted by molar-refractivity contribution is -0.192. The van der Waals surface area contributed by atoms with Crippen LogP contribution in [0.25, 0.3) is 0 Å². The molecular weight excluding hydrogens is 364 g/mol. The van der Waals surface area contributed by atoms with Gasteiger partial charge in [-0.2, -0.15) is 0 Å². The van der Waals surface area contributed by atoms with Crippen molar-refractivity contribution in [1.29, 1.82) is 0 Å². The number of hydrogen-bond acceptors (Lipinski definition) is 1. The third-order valence-corrected chi connectivity index (χ3v) is 11.5. The second-order valence-electron chi connectivity index (χ2n) is 14.0. The van der Waals surface area contributed by atoms with Gasteiger partial charge in [-0.05, 0) is 103 Å². The lowest BCUT2D eigenvalue weighted by Crippen LogP contribution is -2.60. The molecule has 4 aliphatic rings. The molecule has 1 unspecified atom stereocenters. The summed E-state index contributed by atoms with van der Waals surface area (Å²) in [5.41, 5.74) is 1.21. The molecular formula is C29H52O. The Morgan fingerprint density at radius 2 is 1.60 bits per heavy atom. The highest BCUT2D eigenvalue weighted by molar-refractivity contribution is 5.13. The molecule has 0 saturated heterocycles. The molecule has 0 radical (unpaired) electrons. The van der Waals surface area contributed by atoms with Gasteiger partial charge in [-0.15, -0.1) is 0 Å².